The number of ether oxygens (including phenoxy) is 2. The Bertz CT molecular complexity index is 462. The lowest BCUT2D eigenvalue weighted by Gasteiger charge is -2.22. The monoisotopic (exact) mass is 292 g/mol. The van der Waals surface area contributed by atoms with Gasteiger partial charge in [0.2, 0.25) is 0 Å². The first-order valence-corrected chi connectivity index (χ1v) is 7.75. The summed E-state index contributed by atoms with van der Waals surface area (Å²) in [4.78, 5) is 2.48. The van der Waals surface area contributed by atoms with Crippen LogP contribution in [0.15, 0.2) is 18.2 Å². The van der Waals surface area contributed by atoms with E-state index in [1.165, 1.54) is 13.0 Å². The molecule has 0 aromatic heterocycles. The van der Waals surface area contributed by atoms with E-state index in [1.807, 2.05) is 18.2 Å². The summed E-state index contributed by atoms with van der Waals surface area (Å²) in [5.41, 5.74) is 7.47. The topological polar surface area (TPSA) is 47.7 Å². The van der Waals surface area contributed by atoms with Crippen molar-refractivity contribution in [3.8, 4) is 11.5 Å². The Kier molecular flexibility index (Phi) is 5.48. The lowest BCUT2D eigenvalue weighted by molar-refractivity contribution is 0.286. The first-order valence-electron chi connectivity index (χ1n) is 7.75. The van der Waals surface area contributed by atoms with Crippen LogP contribution in [0.1, 0.15) is 31.9 Å². The molecule has 2 N–H and O–H groups in total. The second-order valence-corrected chi connectivity index (χ2v) is 6.27. The summed E-state index contributed by atoms with van der Waals surface area (Å²) in [5, 5.41) is 0. The molecular formula is C17H28N2O2. The minimum atomic E-state index is 0.00992. The van der Waals surface area contributed by atoms with Crippen LogP contribution in [0.4, 0.5) is 0 Å². The summed E-state index contributed by atoms with van der Waals surface area (Å²) in [7, 11) is 3.30. The van der Waals surface area contributed by atoms with Crippen LogP contribution in [0, 0.1) is 11.8 Å². The van der Waals surface area contributed by atoms with E-state index in [4.69, 9.17) is 15.2 Å². The molecule has 2 unspecified atom stereocenters. The second kappa shape index (κ2) is 7.14. The van der Waals surface area contributed by atoms with Gasteiger partial charge < -0.3 is 20.1 Å². The van der Waals surface area contributed by atoms with Crippen molar-refractivity contribution in [1.82, 2.24) is 4.90 Å². The van der Waals surface area contributed by atoms with Gasteiger partial charge in [0.15, 0.2) is 11.5 Å². The number of benzene rings is 1. The number of methoxy groups -OCH3 is 2. The Balaban J connectivity index is 1.99. The standard InChI is InChI=1S/C17H28N2O2/c1-12(2)14-7-8-19(10-14)11-15(18)13-5-6-16(20-3)17(9-13)21-4/h5-6,9,12,14-15H,7-8,10-11,18H2,1-4H3. The van der Waals surface area contributed by atoms with Gasteiger partial charge in [0.1, 0.15) is 0 Å². The van der Waals surface area contributed by atoms with E-state index in [9.17, 15) is 0 Å². The fourth-order valence-electron chi connectivity index (χ4n) is 3.04. The quantitative estimate of drug-likeness (QED) is 0.875. The Hall–Kier alpha value is -1.26. The van der Waals surface area contributed by atoms with Crippen molar-refractivity contribution in [2.45, 2.75) is 26.3 Å². The molecule has 1 aromatic rings. The molecule has 1 saturated heterocycles. The van der Waals surface area contributed by atoms with Gasteiger partial charge >= 0.3 is 0 Å². The molecule has 2 atom stereocenters. The van der Waals surface area contributed by atoms with E-state index in [0.29, 0.717) is 0 Å². The predicted octanol–water partition coefficient (Wildman–Crippen LogP) is 2.68. The highest BCUT2D eigenvalue weighted by molar-refractivity contribution is 5.43. The molecule has 0 saturated carbocycles. The number of hydrogen-bond donors (Lipinski definition) is 1. The summed E-state index contributed by atoms with van der Waals surface area (Å²) in [6.07, 6.45) is 1.29. The first-order chi connectivity index (χ1) is 10.0. The van der Waals surface area contributed by atoms with Crippen molar-refractivity contribution in [2.75, 3.05) is 33.9 Å². The number of likely N-dealkylation sites (tertiary alicyclic amines) is 1. The first kappa shape index (κ1) is 16.1. The highest BCUT2D eigenvalue weighted by Crippen LogP contribution is 2.30. The van der Waals surface area contributed by atoms with Crippen LogP contribution in [0.2, 0.25) is 0 Å². The van der Waals surface area contributed by atoms with Gasteiger partial charge in [-0.25, -0.2) is 0 Å². The van der Waals surface area contributed by atoms with Crippen molar-refractivity contribution < 1.29 is 9.47 Å². The summed E-state index contributed by atoms with van der Waals surface area (Å²) in [5.74, 6) is 3.05. The summed E-state index contributed by atoms with van der Waals surface area (Å²) < 4.78 is 10.6. The van der Waals surface area contributed by atoms with Gasteiger partial charge in [-0.15, -0.1) is 0 Å². The van der Waals surface area contributed by atoms with Crippen molar-refractivity contribution in [1.29, 1.82) is 0 Å². The Morgan fingerprint density at radius 1 is 1.24 bits per heavy atom. The van der Waals surface area contributed by atoms with Crippen LogP contribution in [-0.2, 0) is 0 Å². The maximum atomic E-state index is 6.37. The van der Waals surface area contributed by atoms with Gasteiger partial charge in [0.05, 0.1) is 14.2 Å². The van der Waals surface area contributed by atoms with Crippen LogP contribution in [0.5, 0.6) is 11.5 Å². The van der Waals surface area contributed by atoms with Gasteiger partial charge in [0, 0.05) is 19.1 Å². The molecule has 21 heavy (non-hydrogen) atoms. The Labute approximate surface area is 128 Å². The largest absolute Gasteiger partial charge is 0.493 e. The molecule has 0 amide bonds. The average molecular weight is 292 g/mol. The van der Waals surface area contributed by atoms with Crippen molar-refractivity contribution in [3.63, 3.8) is 0 Å². The predicted molar refractivity (Wildman–Crippen MR) is 85.9 cm³/mol. The molecule has 4 heteroatoms. The maximum absolute atomic E-state index is 6.37. The molecule has 0 spiro atoms. The minimum absolute atomic E-state index is 0.00992. The van der Waals surface area contributed by atoms with Gasteiger partial charge in [-0.3, -0.25) is 0 Å². The van der Waals surface area contributed by atoms with Gasteiger partial charge in [-0.2, -0.15) is 0 Å². The second-order valence-electron chi connectivity index (χ2n) is 6.27. The third-order valence-corrected chi connectivity index (χ3v) is 4.54. The van der Waals surface area contributed by atoms with E-state index in [0.717, 1.165) is 42.0 Å². The molecule has 4 nitrogen and oxygen atoms in total. The van der Waals surface area contributed by atoms with Crippen LogP contribution in [-0.4, -0.2) is 38.8 Å². The molecule has 0 bridgehead atoms. The number of nitrogens with zero attached hydrogens (tertiary/aromatic N) is 1. The van der Waals surface area contributed by atoms with Crippen LogP contribution in [0.25, 0.3) is 0 Å². The molecule has 2 rings (SSSR count). The molecule has 1 fully saturated rings. The van der Waals surface area contributed by atoms with E-state index in [-0.39, 0.29) is 6.04 Å². The van der Waals surface area contributed by atoms with Crippen LogP contribution in [0.3, 0.4) is 0 Å². The molecular weight excluding hydrogens is 264 g/mol. The number of hydrogen-bond acceptors (Lipinski definition) is 4. The maximum Gasteiger partial charge on any atom is 0.161 e. The molecule has 1 aliphatic rings. The number of nitrogens with two attached hydrogens (primary N) is 1. The van der Waals surface area contributed by atoms with Crippen molar-refractivity contribution in [3.05, 3.63) is 23.8 Å². The Morgan fingerprint density at radius 3 is 2.52 bits per heavy atom. The van der Waals surface area contributed by atoms with E-state index >= 15 is 0 Å². The fraction of sp³-hybridized carbons (Fsp3) is 0.647. The van der Waals surface area contributed by atoms with Crippen molar-refractivity contribution in [2.24, 2.45) is 17.6 Å². The third kappa shape index (κ3) is 3.89. The molecule has 0 aliphatic carbocycles. The Morgan fingerprint density at radius 2 is 1.95 bits per heavy atom. The summed E-state index contributed by atoms with van der Waals surface area (Å²) in [6, 6.07) is 5.95. The molecule has 1 aromatic carbocycles. The van der Waals surface area contributed by atoms with E-state index < -0.39 is 0 Å². The average Bonchev–Trinajstić information content (AvgIpc) is 2.95. The van der Waals surface area contributed by atoms with Gasteiger partial charge in [-0.1, -0.05) is 19.9 Å². The zero-order chi connectivity index (χ0) is 15.4. The normalized spacial score (nSPS) is 20.8. The van der Waals surface area contributed by atoms with E-state index in [1.54, 1.807) is 14.2 Å². The van der Waals surface area contributed by atoms with Gasteiger partial charge in [0.25, 0.3) is 0 Å². The summed E-state index contributed by atoms with van der Waals surface area (Å²) in [6.45, 7) is 7.84. The molecule has 1 aliphatic heterocycles. The fourth-order valence-corrected chi connectivity index (χ4v) is 3.04. The highest BCUT2D eigenvalue weighted by Gasteiger charge is 2.26. The highest BCUT2D eigenvalue weighted by atomic mass is 16.5. The smallest absolute Gasteiger partial charge is 0.161 e. The SMILES string of the molecule is COc1ccc(C(N)CN2CCC(C(C)C)C2)cc1OC. The molecule has 0 radical (unpaired) electrons. The number of rotatable bonds is 6. The molecule has 1 heterocycles. The zero-order valence-electron chi connectivity index (χ0n) is 13.6. The van der Waals surface area contributed by atoms with Gasteiger partial charge in [-0.05, 0) is 42.5 Å². The molecule has 118 valence electrons. The minimum Gasteiger partial charge on any atom is -0.493 e. The lowest BCUT2D eigenvalue weighted by Crippen LogP contribution is -2.31. The van der Waals surface area contributed by atoms with Crippen LogP contribution >= 0.6 is 0 Å². The lowest BCUT2D eigenvalue weighted by atomic mass is 9.95. The third-order valence-electron chi connectivity index (χ3n) is 4.54. The van der Waals surface area contributed by atoms with E-state index in [2.05, 4.69) is 18.7 Å². The van der Waals surface area contributed by atoms with Crippen LogP contribution < -0.4 is 15.2 Å². The summed E-state index contributed by atoms with van der Waals surface area (Å²) >= 11 is 0. The zero-order valence-corrected chi connectivity index (χ0v) is 13.6. The van der Waals surface area contributed by atoms with Crippen molar-refractivity contribution >= 4 is 0 Å².